The minimum Gasteiger partial charge on any atom is -0.379 e. The molecule has 5 nitrogen and oxygen atoms in total. The molecular weight excluding hydrogens is 483 g/mol. The first kappa shape index (κ1) is 23.8. The maximum Gasteiger partial charge on any atom is 0.191 e. The van der Waals surface area contributed by atoms with Crippen molar-refractivity contribution in [3.8, 4) is 0 Å². The Hall–Kier alpha value is -0.510. The first-order chi connectivity index (χ1) is 13.3. The van der Waals surface area contributed by atoms with Crippen LogP contribution in [-0.2, 0) is 4.74 Å². The molecule has 2 unspecified atom stereocenters. The fourth-order valence-electron chi connectivity index (χ4n) is 3.64. The fourth-order valence-corrected chi connectivity index (χ4v) is 4.85. The second-order valence-corrected chi connectivity index (χ2v) is 8.72. The smallest absolute Gasteiger partial charge is 0.191 e. The lowest BCUT2D eigenvalue weighted by atomic mass is 10.0. The maximum atomic E-state index is 5.56. The summed E-state index contributed by atoms with van der Waals surface area (Å²) in [6.45, 7) is 10.5. The maximum absolute atomic E-state index is 5.56. The molecule has 2 saturated heterocycles. The third kappa shape index (κ3) is 7.39. The fraction of sp³-hybridized carbons (Fsp3) is 0.667. The number of nitrogens with zero attached hydrogens (tertiary/aromatic N) is 2. The normalized spacial score (nSPS) is 21.8. The third-order valence-electron chi connectivity index (χ3n) is 5.24. The number of benzene rings is 1. The first-order valence-corrected chi connectivity index (χ1v) is 11.3. The Morgan fingerprint density at radius 2 is 2.00 bits per heavy atom. The van der Waals surface area contributed by atoms with Crippen molar-refractivity contribution in [3.63, 3.8) is 0 Å². The van der Waals surface area contributed by atoms with E-state index in [1.165, 1.54) is 29.7 Å². The van der Waals surface area contributed by atoms with E-state index in [2.05, 4.69) is 65.4 Å². The largest absolute Gasteiger partial charge is 0.379 e. The number of ether oxygens (including phenoxy) is 1. The minimum atomic E-state index is 0. The predicted molar refractivity (Wildman–Crippen MR) is 131 cm³/mol. The van der Waals surface area contributed by atoms with Gasteiger partial charge in [-0.3, -0.25) is 9.89 Å². The Kier molecular flexibility index (Phi) is 11.0. The van der Waals surface area contributed by atoms with Gasteiger partial charge in [0.05, 0.1) is 25.8 Å². The quantitative estimate of drug-likeness (QED) is 0.329. The van der Waals surface area contributed by atoms with Crippen LogP contribution in [0.15, 0.2) is 29.3 Å². The first-order valence-electron chi connectivity index (χ1n) is 10.3. The number of rotatable bonds is 7. The van der Waals surface area contributed by atoms with E-state index < -0.39 is 0 Å². The molecule has 0 aliphatic carbocycles. The lowest BCUT2D eigenvalue weighted by Gasteiger charge is -2.34. The number of morpholine rings is 1. The van der Waals surface area contributed by atoms with Crippen LogP contribution < -0.4 is 10.6 Å². The molecule has 2 aliphatic rings. The van der Waals surface area contributed by atoms with Gasteiger partial charge in [-0.2, -0.15) is 11.8 Å². The van der Waals surface area contributed by atoms with Gasteiger partial charge in [0, 0.05) is 31.4 Å². The Balaban J connectivity index is 0.00000280. The van der Waals surface area contributed by atoms with Crippen molar-refractivity contribution in [1.29, 1.82) is 0 Å². The zero-order valence-electron chi connectivity index (χ0n) is 17.2. The molecule has 0 amide bonds. The number of aryl methyl sites for hydroxylation is 1. The highest BCUT2D eigenvalue weighted by Crippen LogP contribution is 2.25. The average Bonchev–Trinajstić information content (AvgIpc) is 3.22. The summed E-state index contributed by atoms with van der Waals surface area (Å²) in [5.41, 5.74) is 2.64. The van der Waals surface area contributed by atoms with Crippen LogP contribution in [0.3, 0.4) is 0 Å². The number of halogens is 1. The van der Waals surface area contributed by atoms with Gasteiger partial charge in [-0.05, 0) is 38.0 Å². The zero-order valence-corrected chi connectivity index (χ0v) is 20.3. The molecule has 2 atom stereocenters. The molecule has 1 aromatic rings. The van der Waals surface area contributed by atoms with Gasteiger partial charge in [-0.25, -0.2) is 0 Å². The molecule has 0 bridgehead atoms. The molecule has 2 fully saturated rings. The lowest BCUT2D eigenvalue weighted by Crippen LogP contribution is -2.42. The second kappa shape index (κ2) is 12.9. The molecule has 7 heteroatoms. The topological polar surface area (TPSA) is 48.9 Å². The summed E-state index contributed by atoms with van der Waals surface area (Å²) in [7, 11) is 0. The van der Waals surface area contributed by atoms with E-state index in [4.69, 9.17) is 9.73 Å². The Morgan fingerprint density at radius 1 is 1.25 bits per heavy atom. The Morgan fingerprint density at radius 3 is 2.64 bits per heavy atom. The summed E-state index contributed by atoms with van der Waals surface area (Å²) < 4.78 is 5.56. The van der Waals surface area contributed by atoms with E-state index in [1.54, 1.807) is 0 Å². The van der Waals surface area contributed by atoms with Crippen LogP contribution in [0.4, 0.5) is 0 Å². The van der Waals surface area contributed by atoms with E-state index in [0.29, 0.717) is 6.04 Å². The number of thioether (sulfide) groups is 1. The Labute approximate surface area is 191 Å². The van der Waals surface area contributed by atoms with Gasteiger partial charge in [0.15, 0.2) is 5.96 Å². The molecule has 0 radical (unpaired) electrons. The van der Waals surface area contributed by atoms with Crippen molar-refractivity contribution in [2.75, 3.05) is 51.7 Å². The van der Waals surface area contributed by atoms with Gasteiger partial charge in [-0.15, -0.1) is 24.0 Å². The summed E-state index contributed by atoms with van der Waals surface area (Å²) >= 11 is 2.08. The summed E-state index contributed by atoms with van der Waals surface area (Å²) in [6, 6.07) is 9.20. The van der Waals surface area contributed by atoms with E-state index in [0.717, 1.165) is 57.1 Å². The summed E-state index contributed by atoms with van der Waals surface area (Å²) in [6.07, 6.45) is 2.66. The van der Waals surface area contributed by atoms with E-state index in [-0.39, 0.29) is 24.0 Å². The van der Waals surface area contributed by atoms with Gasteiger partial charge in [0.2, 0.25) is 0 Å². The van der Waals surface area contributed by atoms with Crippen LogP contribution in [0.2, 0.25) is 0 Å². The van der Waals surface area contributed by atoms with E-state index in [9.17, 15) is 0 Å². The number of guanidine groups is 1. The summed E-state index contributed by atoms with van der Waals surface area (Å²) in [5.74, 6) is 2.24. The molecule has 28 heavy (non-hydrogen) atoms. The molecule has 158 valence electrons. The van der Waals surface area contributed by atoms with Crippen molar-refractivity contribution in [2.24, 2.45) is 4.99 Å². The average molecular weight is 519 g/mol. The van der Waals surface area contributed by atoms with Gasteiger partial charge in [0.1, 0.15) is 0 Å². The van der Waals surface area contributed by atoms with Crippen molar-refractivity contribution in [3.05, 3.63) is 35.4 Å². The van der Waals surface area contributed by atoms with Gasteiger partial charge in [0.25, 0.3) is 0 Å². The predicted octanol–water partition coefficient (Wildman–Crippen LogP) is 3.44. The van der Waals surface area contributed by atoms with Crippen molar-refractivity contribution in [2.45, 2.75) is 38.0 Å². The van der Waals surface area contributed by atoms with Crippen LogP contribution in [0.1, 0.15) is 36.9 Å². The van der Waals surface area contributed by atoms with Gasteiger partial charge in [-0.1, -0.05) is 29.8 Å². The molecule has 3 rings (SSSR count). The zero-order chi connectivity index (χ0) is 18.9. The highest BCUT2D eigenvalue weighted by Gasteiger charge is 2.23. The van der Waals surface area contributed by atoms with Crippen LogP contribution in [0.25, 0.3) is 0 Å². The Bertz CT molecular complexity index is 587. The highest BCUT2D eigenvalue weighted by molar-refractivity contribution is 14.0. The van der Waals surface area contributed by atoms with E-state index >= 15 is 0 Å². The SMILES string of the molecule is CCNC(=NCC(c1ccc(C)cc1)N1CCOCC1)NCC1CCCS1.I. The summed E-state index contributed by atoms with van der Waals surface area (Å²) in [4.78, 5) is 7.46. The van der Waals surface area contributed by atoms with Crippen LogP contribution in [0, 0.1) is 6.92 Å². The molecule has 2 aliphatic heterocycles. The third-order valence-corrected chi connectivity index (χ3v) is 6.63. The molecular formula is C21H35IN4OS. The number of aliphatic imine (C=N–C) groups is 1. The van der Waals surface area contributed by atoms with Gasteiger partial charge >= 0.3 is 0 Å². The molecule has 0 spiro atoms. The monoisotopic (exact) mass is 518 g/mol. The number of hydrogen-bond donors (Lipinski definition) is 2. The summed E-state index contributed by atoms with van der Waals surface area (Å²) in [5, 5.41) is 7.69. The van der Waals surface area contributed by atoms with Crippen LogP contribution >= 0.6 is 35.7 Å². The van der Waals surface area contributed by atoms with Crippen LogP contribution in [-0.4, -0.2) is 67.8 Å². The van der Waals surface area contributed by atoms with E-state index in [1.807, 2.05) is 0 Å². The minimum absolute atomic E-state index is 0. The number of hydrogen-bond acceptors (Lipinski definition) is 4. The molecule has 1 aromatic carbocycles. The van der Waals surface area contributed by atoms with Crippen molar-refractivity contribution >= 4 is 41.7 Å². The van der Waals surface area contributed by atoms with Crippen molar-refractivity contribution in [1.82, 2.24) is 15.5 Å². The molecule has 0 saturated carbocycles. The van der Waals surface area contributed by atoms with Crippen molar-refractivity contribution < 1.29 is 4.74 Å². The second-order valence-electron chi connectivity index (χ2n) is 7.31. The molecule has 2 heterocycles. The van der Waals surface area contributed by atoms with Gasteiger partial charge < -0.3 is 15.4 Å². The molecule has 0 aromatic heterocycles. The number of nitrogens with one attached hydrogen (secondary N) is 2. The molecule has 2 N–H and O–H groups in total. The standard InChI is InChI=1S/C21H34N4OS.HI/c1-3-22-21(23-15-19-5-4-14-27-19)24-16-20(25-10-12-26-13-11-25)18-8-6-17(2)7-9-18;/h6-9,19-20H,3-5,10-16H2,1-2H3,(H2,22,23,24);1H. The van der Waals surface area contributed by atoms with Crippen LogP contribution in [0.5, 0.6) is 0 Å². The highest BCUT2D eigenvalue weighted by atomic mass is 127. The lowest BCUT2D eigenvalue weighted by molar-refractivity contribution is 0.0179.